The van der Waals surface area contributed by atoms with Crippen molar-refractivity contribution in [2.45, 2.75) is 44.2 Å². The van der Waals surface area contributed by atoms with Gasteiger partial charge in [0.25, 0.3) is 0 Å². The van der Waals surface area contributed by atoms with E-state index in [1.54, 1.807) is 0 Å². The van der Waals surface area contributed by atoms with Crippen molar-refractivity contribution < 1.29 is 9.53 Å². The van der Waals surface area contributed by atoms with Gasteiger partial charge in [0.05, 0.1) is 13.5 Å². The third kappa shape index (κ3) is 2.74. The van der Waals surface area contributed by atoms with Crippen molar-refractivity contribution in [3.8, 4) is 0 Å². The Kier molecular flexibility index (Phi) is 4.18. The van der Waals surface area contributed by atoms with Crippen LogP contribution in [0, 0.1) is 0 Å². The molecule has 4 nitrogen and oxygen atoms in total. The molecule has 2 heterocycles. The van der Waals surface area contributed by atoms with Crippen molar-refractivity contribution in [3.05, 3.63) is 0 Å². The molecule has 0 radical (unpaired) electrons. The van der Waals surface area contributed by atoms with Crippen LogP contribution in [-0.2, 0) is 9.53 Å². The molecule has 0 bridgehead atoms. The monoisotopic (exact) mass is 226 g/mol. The van der Waals surface area contributed by atoms with Crippen LogP contribution in [0.5, 0.6) is 0 Å². The highest BCUT2D eigenvalue weighted by atomic mass is 16.5. The number of ether oxygens (including phenoxy) is 1. The summed E-state index contributed by atoms with van der Waals surface area (Å²) in [6.45, 7) is 3.24. The molecule has 4 heteroatoms. The molecule has 92 valence electrons. The zero-order valence-electron chi connectivity index (χ0n) is 10.1. The molecule has 16 heavy (non-hydrogen) atoms. The van der Waals surface area contributed by atoms with E-state index in [1.165, 1.54) is 45.9 Å². The molecule has 0 aliphatic carbocycles. The van der Waals surface area contributed by atoms with Crippen LogP contribution in [0.3, 0.4) is 0 Å². The fourth-order valence-corrected chi connectivity index (χ4v) is 2.95. The predicted octanol–water partition coefficient (Wildman–Crippen LogP) is 0.766. The minimum atomic E-state index is -0.119. The summed E-state index contributed by atoms with van der Waals surface area (Å²) in [4.78, 5) is 13.6. The lowest BCUT2D eigenvalue weighted by Crippen LogP contribution is -2.45. The van der Waals surface area contributed by atoms with Crippen molar-refractivity contribution in [1.82, 2.24) is 10.2 Å². The molecule has 2 saturated heterocycles. The molecule has 2 aliphatic rings. The van der Waals surface area contributed by atoms with Gasteiger partial charge in [0, 0.05) is 25.2 Å². The first-order valence-corrected chi connectivity index (χ1v) is 6.35. The van der Waals surface area contributed by atoms with Gasteiger partial charge in [-0.15, -0.1) is 0 Å². The molecule has 2 atom stereocenters. The molecule has 0 spiro atoms. The fourth-order valence-electron chi connectivity index (χ4n) is 2.95. The lowest BCUT2D eigenvalue weighted by Gasteiger charge is -2.32. The van der Waals surface area contributed by atoms with Crippen molar-refractivity contribution in [3.63, 3.8) is 0 Å². The van der Waals surface area contributed by atoms with Gasteiger partial charge in [0.15, 0.2) is 0 Å². The summed E-state index contributed by atoms with van der Waals surface area (Å²) in [5.41, 5.74) is 0. The van der Waals surface area contributed by atoms with E-state index >= 15 is 0 Å². The maximum absolute atomic E-state index is 11.0. The molecular weight excluding hydrogens is 204 g/mol. The standard InChI is InChI=1S/C12H22N2O2/c1-16-12(15)5-7-13-10-6-9-14-8-3-2-4-11(10)14/h10-11,13H,2-9H2,1H3. The number of fused-ring (bicyclic) bond motifs is 1. The lowest BCUT2D eigenvalue weighted by molar-refractivity contribution is -0.140. The summed E-state index contributed by atoms with van der Waals surface area (Å²) in [5, 5.41) is 3.50. The molecule has 0 amide bonds. The van der Waals surface area contributed by atoms with Crippen molar-refractivity contribution >= 4 is 5.97 Å². The zero-order chi connectivity index (χ0) is 11.4. The summed E-state index contributed by atoms with van der Waals surface area (Å²) in [7, 11) is 1.45. The first-order valence-electron chi connectivity index (χ1n) is 6.35. The number of carbonyl (C=O) groups is 1. The van der Waals surface area contributed by atoms with Gasteiger partial charge in [-0.3, -0.25) is 9.69 Å². The molecule has 2 unspecified atom stereocenters. The summed E-state index contributed by atoms with van der Waals surface area (Å²) in [6, 6.07) is 1.30. The smallest absolute Gasteiger partial charge is 0.306 e. The molecule has 2 rings (SSSR count). The topological polar surface area (TPSA) is 41.6 Å². The normalized spacial score (nSPS) is 30.1. The Morgan fingerprint density at radius 2 is 2.25 bits per heavy atom. The Morgan fingerprint density at radius 3 is 3.06 bits per heavy atom. The van der Waals surface area contributed by atoms with Crippen LogP contribution in [0.4, 0.5) is 0 Å². The average Bonchev–Trinajstić information content (AvgIpc) is 2.73. The number of rotatable bonds is 4. The summed E-state index contributed by atoms with van der Waals surface area (Å²) >= 11 is 0. The maximum atomic E-state index is 11.0. The first kappa shape index (κ1) is 11.9. The van der Waals surface area contributed by atoms with E-state index < -0.39 is 0 Å². The third-order valence-corrected chi connectivity index (χ3v) is 3.82. The fraction of sp³-hybridized carbons (Fsp3) is 0.917. The number of esters is 1. The second-order valence-electron chi connectivity index (χ2n) is 4.77. The Bertz CT molecular complexity index is 245. The van der Waals surface area contributed by atoms with Crippen LogP contribution in [0.1, 0.15) is 32.1 Å². The van der Waals surface area contributed by atoms with E-state index in [4.69, 9.17) is 0 Å². The highest BCUT2D eigenvalue weighted by Crippen LogP contribution is 2.26. The van der Waals surface area contributed by atoms with Gasteiger partial charge in [-0.25, -0.2) is 0 Å². The quantitative estimate of drug-likeness (QED) is 0.719. The zero-order valence-corrected chi connectivity index (χ0v) is 10.1. The van der Waals surface area contributed by atoms with Gasteiger partial charge in [0.2, 0.25) is 0 Å². The van der Waals surface area contributed by atoms with E-state index in [-0.39, 0.29) is 5.97 Å². The second kappa shape index (κ2) is 5.64. The minimum absolute atomic E-state index is 0.119. The molecule has 2 aliphatic heterocycles. The van der Waals surface area contributed by atoms with Crippen molar-refractivity contribution in [2.75, 3.05) is 26.7 Å². The number of hydrogen-bond donors (Lipinski definition) is 1. The van der Waals surface area contributed by atoms with E-state index in [2.05, 4.69) is 15.0 Å². The van der Waals surface area contributed by atoms with Crippen LogP contribution in [0.25, 0.3) is 0 Å². The second-order valence-corrected chi connectivity index (χ2v) is 4.77. The number of nitrogens with one attached hydrogen (secondary N) is 1. The molecule has 2 fully saturated rings. The Hall–Kier alpha value is -0.610. The number of methoxy groups -OCH3 is 1. The third-order valence-electron chi connectivity index (χ3n) is 3.82. The Balaban J connectivity index is 1.71. The molecule has 1 N–H and O–H groups in total. The van der Waals surface area contributed by atoms with Crippen LogP contribution in [0.15, 0.2) is 0 Å². The number of hydrogen-bond acceptors (Lipinski definition) is 4. The van der Waals surface area contributed by atoms with E-state index in [1.807, 2.05) is 0 Å². The predicted molar refractivity (Wildman–Crippen MR) is 62.3 cm³/mol. The van der Waals surface area contributed by atoms with Gasteiger partial charge < -0.3 is 10.1 Å². The summed E-state index contributed by atoms with van der Waals surface area (Å²) in [6.07, 6.45) is 5.74. The molecule has 0 aromatic rings. The van der Waals surface area contributed by atoms with Gasteiger partial charge in [-0.2, -0.15) is 0 Å². The Labute approximate surface area is 97.3 Å². The van der Waals surface area contributed by atoms with Gasteiger partial charge in [-0.1, -0.05) is 6.42 Å². The van der Waals surface area contributed by atoms with Crippen LogP contribution in [-0.4, -0.2) is 49.7 Å². The highest BCUT2D eigenvalue weighted by molar-refractivity contribution is 5.69. The lowest BCUT2D eigenvalue weighted by atomic mass is 9.99. The first-order chi connectivity index (χ1) is 7.81. The molecule has 0 aromatic heterocycles. The summed E-state index contributed by atoms with van der Waals surface area (Å²) in [5.74, 6) is -0.119. The van der Waals surface area contributed by atoms with Crippen LogP contribution in [0.2, 0.25) is 0 Å². The number of nitrogens with zero attached hydrogens (tertiary/aromatic N) is 1. The molecule has 0 saturated carbocycles. The number of carbonyl (C=O) groups excluding carboxylic acids is 1. The van der Waals surface area contributed by atoms with Gasteiger partial charge >= 0.3 is 5.97 Å². The minimum Gasteiger partial charge on any atom is -0.469 e. The number of piperidine rings is 1. The van der Waals surface area contributed by atoms with E-state index in [0.717, 1.165) is 6.54 Å². The van der Waals surface area contributed by atoms with Crippen molar-refractivity contribution in [2.24, 2.45) is 0 Å². The van der Waals surface area contributed by atoms with Crippen LogP contribution < -0.4 is 5.32 Å². The van der Waals surface area contributed by atoms with Gasteiger partial charge in [-0.05, 0) is 25.8 Å². The van der Waals surface area contributed by atoms with E-state index in [0.29, 0.717) is 18.5 Å². The van der Waals surface area contributed by atoms with Crippen LogP contribution >= 0.6 is 0 Å². The Morgan fingerprint density at radius 1 is 1.38 bits per heavy atom. The largest absolute Gasteiger partial charge is 0.469 e. The SMILES string of the molecule is COC(=O)CCNC1CCN2CCCCC12. The summed E-state index contributed by atoms with van der Waals surface area (Å²) < 4.78 is 4.63. The molecular formula is C12H22N2O2. The van der Waals surface area contributed by atoms with Crippen molar-refractivity contribution in [1.29, 1.82) is 0 Å². The maximum Gasteiger partial charge on any atom is 0.306 e. The average molecular weight is 226 g/mol. The van der Waals surface area contributed by atoms with E-state index in [9.17, 15) is 4.79 Å². The highest BCUT2D eigenvalue weighted by Gasteiger charge is 2.34. The van der Waals surface area contributed by atoms with Gasteiger partial charge in [0.1, 0.15) is 0 Å². The molecule has 0 aromatic carbocycles.